The number of hydrogen-bond donors (Lipinski definition) is 0. The molecule has 0 N–H and O–H groups in total. The standard InChI is InChI=1S/C13H22/c1-3-5-7-9-11-13-12-10-8-6-4-2/h5-6,8H,1,4,7,9-13H2,2H3. The molecule has 0 nitrogen and oxygen atoms in total. The molecule has 0 radical (unpaired) electrons. The maximum absolute atomic E-state index is 3.54. The van der Waals surface area contributed by atoms with Crippen LogP contribution in [0.15, 0.2) is 30.5 Å². The lowest BCUT2D eigenvalue weighted by Gasteiger charge is -1.95. The van der Waals surface area contributed by atoms with Gasteiger partial charge in [0.2, 0.25) is 0 Å². The van der Waals surface area contributed by atoms with Crippen molar-refractivity contribution >= 4 is 0 Å². The minimum absolute atomic E-state index is 1.15. The second-order valence-corrected chi connectivity index (χ2v) is 3.28. The molecule has 0 unspecified atom stereocenters. The van der Waals surface area contributed by atoms with E-state index in [9.17, 15) is 0 Å². The zero-order chi connectivity index (χ0) is 9.78. The molecule has 0 saturated carbocycles. The Labute approximate surface area is 83.0 Å². The van der Waals surface area contributed by atoms with E-state index in [0.29, 0.717) is 0 Å². The maximum atomic E-state index is 3.54. The lowest BCUT2D eigenvalue weighted by atomic mass is 10.1. The molecule has 0 amide bonds. The quantitative estimate of drug-likeness (QED) is 0.289. The Bertz CT molecular complexity index is 159. The fourth-order valence-electron chi connectivity index (χ4n) is 1.25. The summed E-state index contributed by atoms with van der Waals surface area (Å²) in [7, 11) is 0. The molecule has 0 aliphatic heterocycles. The second kappa shape index (κ2) is 11.3. The van der Waals surface area contributed by atoms with Gasteiger partial charge in [0.25, 0.3) is 0 Å². The van der Waals surface area contributed by atoms with E-state index in [-0.39, 0.29) is 0 Å². The molecule has 74 valence electrons. The Balaban J connectivity index is 2.99. The highest BCUT2D eigenvalue weighted by Gasteiger charge is 1.86. The van der Waals surface area contributed by atoms with Gasteiger partial charge in [-0.15, -0.1) is 5.73 Å². The summed E-state index contributed by atoms with van der Waals surface area (Å²) >= 11 is 0. The summed E-state index contributed by atoms with van der Waals surface area (Å²) in [5, 5.41) is 0. The molecular weight excluding hydrogens is 156 g/mol. The summed E-state index contributed by atoms with van der Waals surface area (Å²) in [6.45, 7) is 5.72. The monoisotopic (exact) mass is 178 g/mol. The highest BCUT2D eigenvalue weighted by Crippen LogP contribution is 2.06. The van der Waals surface area contributed by atoms with Gasteiger partial charge in [-0.2, -0.15) is 0 Å². The van der Waals surface area contributed by atoms with Crippen LogP contribution in [-0.4, -0.2) is 0 Å². The Hall–Kier alpha value is -0.740. The van der Waals surface area contributed by atoms with Crippen molar-refractivity contribution in [1.82, 2.24) is 0 Å². The van der Waals surface area contributed by atoms with Crippen molar-refractivity contribution in [1.29, 1.82) is 0 Å². The van der Waals surface area contributed by atoms with Gasteiger partial charge in [0, 0.05) is 0 Å². The summed E-state index contributed by atoms with van der Waals surface area (Å²) in [6, 6.07) is 0. The fourth-order valence-corrected chi connectivity index (χ4v) is 1.25. The zero-order valence-electron chi connectivity index (χ0n) is 8.89. The third kappa shape index (κ3) is 11.3. The molecule has 0 aromatic rings. The largest absolute Gasteiger partial charge is 0.133 e. The van der Waals surface area contributed by atoms with E-state index >= 15 is 0 Å². The van der Waals surface area contributed by atoms with Crippen LogP contribution in [0.1, 0.15) is 51.9 Å². The third-order valence-corrected chi connectivity index (χ3v) is 2.02. The second-order valence-electron chi connectivity index (χ2n) is 3.28. The number of hydrogen-bond acceptors (Lipinski definition) is 0. The van der Waals surface area contributed by atoms with E-state index in [1.807, 2.05) is 6.08 Å². The predicted octanol–water partition coefficient (Wildman–Crippen LogP) is 4.63. The van der Waals surface area contributed by atoms with Crippen molar-refractivity contribution in [2.24, 2.45) is 0 Å². The van der Waals surface area contributed by atoms with Gasteiger partial charge in [-0.3, -0.25) is 0 Å². The molecule has 0 aliphatic rings. The molecule has 0 spiro atoms. The number of unbranched alkanes of at least 4 members (excludes halogenated alkanes) is 5. The molecule has 0 saturated heterocycles. The van der Waals surface area contributed by atoms with Gasteiger partial charge >= 0.3 is 0 Å². The van der Waals surface area contributed by atoms with E-state index in [1.54, 1.807) is 0 Å². The number of allylic oxidation sites excluding steroid dienone is 3. The first kappa shape index (κ1) is 12.3. The third-order valence-electron chi connectivity index (χ3n) is 2.02. The first-order valence-electron chi connectivity index (χ1n) is 5.41. The van der Waals surface area contributed by atoms with Crippen LogP contribution in [0, 0.1) is 0 Å². The SMILES string of the molecule is C=C=CCCCCCCC=CCC. The topological polar surface area (TPSA) is 0 Å². The van der Waals surface area contributed by atoms with E-state index in [4.69, 9.17) is 0 Å². The van der Waals surface area contributed by atoms with Crippen LogP contribution in [-0.2, 0) is 0 Å². The summed E-state index contributed by atoms with van der Waals surface area (Å²) in [6.07, 6.45) is 15.5. The van der Waals surface area contributed by atoms with Crippen LogP contribution in [0.25, 0.3) is 0 Å². The lowest BCUT2D eigenvalue weighted by Crippen LogP contribution is -1.76. The lowest BCUT2D eigenvalue weighted by molar-refractivity contribution is 0.652. The molecule has 0 bridgehead atoms. The summed E-state index contributed by atoms with van der Waals surface area (Å²) < 4.78 is 0. The first-order chi connectivity index (χ1) is 6.41. The molecule has 0 heteroatoms. The number of rotatable bonds is 8. The molecular formula is C13H22. The van der Waals surface area contributed by atoms with Crippen LogP contribution in [0.2, 0.25) is 0 Å². The van der Waals surface area contributed by atoms with Gasteiger partial charge in [-0.05, 0) is 38.2 Å². The van der Waals surface area contributed by atoms with Gasteiger partial charge in [0.15, 0.2) is 0 Å². The normalized spacial score (nSPS) is 10.2. The predicted molar refractivity (Wildman–Crippen MR) is 60.8 cm³/mol. The average Bonchev–Trinajstić information content (AvgIpc) is 2.16. The minimum atomic E-state index is 1.15. The Morgan fingerprint density at radius 3 is 2.31 bits per heavy atom. The van der Waals surface area contributed by atoms with Crippen LogP contribution in [0.3, 0.4) is 0 Å². The van der Waals surface area contributed by atoms with Crippen LogP contribution >= 0.6 is 0 Å². The van der Waals surface area contributed by atoms with Crippen molar-refractivity contribution in [2.75, 3.05) is 0 Å². The Kier molecular flexibility index (Phi) is 10.6. The Morgan fingerprint density at radius 2 is 1.69 bits per heavy atom. The zero-order valence-corrected chi connectivity index (χ0v) is 8.89. The molecule has 0 atom stereocenters. The van der Waals surface area contributed by atoms with E-state index in [1.165, 1.54) is 38.5 Å². The van der Waals surface area contributed by atoms with Crippen molar-refractivity contribution in [2.45, 2.75) is 51.9 Å². The van der Waals surface area contributed by atoms with E-state index in [0.717, 1.165) is 6.42 Å². The molecule has 0 aromatic heterocycles. The molecule has 13 heavy (non-hydrogen) atoms. The van der Waals surface area contributed by atoms with Crippen LogP contribution < -0.4 is 0 Å². The van der Waals surface area contributed by atoms with Crippen molar-refractivity contribution < 1.29 is 0 Å². The van der Waals surface area contributed by atoms with Gasteiger partial charge in [0.1, 0.15) is 0 Å². The first-order valence-corrected chi connectivity index (χ1v) is 5.41. The Morgan fingerprint density at radius 1 is 1.00 bits per heavy atom. The van der Waals surface area contributed by atoms with E-state index < -0.39 is 0 Å². The van der Waals surface area contributed by atoms with Crippen molar-refractivity contribution in [3.8, 4) is 0 Å². The summed E-state index contributed by atoms with van der Waals surface area (Å²) in [5.41, 5.74) is 2.80. The highest BCUT2D eigenvalue weighted by atomic mass is 13.9. The molecule has 0 aliphatic carbocycles. The molecule has 0 heterocycles. The van der Waals surface area contributed by atoms with E-state index in [2.05, 4.69) is 31.4 Å². The fraction of sp³-hybridized carbons (Fsp3) is 0.615. The summed E-state index contributed by atoms with van der Waals surface area (Å²) in [4.78, 5) is 0. The van der Waals surface area contributed by atoms with Gasteiger partial charge in [-0.1, -0.05) is 38.5 Å². The smallest absolute Gasteiger partial charge is 0.0275 e. The molecule has 0 rings (SSSR count). The van der Waals surface area contributed by atoms with Crippen LogP contribution in [0.5, 0.6) is 0 Å². The molecule has 0 fully saturated rings. The van der Waals surface area contributed by atoms with Crippen molar-refractivity contribution in [3.05, 3.63) is 30.5 Å². The maximum Gasteiger partial charge on any atom is -0.0275 e. The van der Waals surface area contributed by atoms with Crippen LogP contribution in [0.4, 0.5) is 0 Å². The molecule has 0 aromatic carbocycles. The average molecular weight is 178 g/mol. The van der Waals surface area contributed by atoms with Gasteiger partial charge in [0.05, 0.1) is 0 Å². The van der Waals surface area contributed by atoms with Gasteiger partial charge in [-0.25, -0.2) is 0 Å². The minimum Gasteiger partial charge on any atom is -0.133 e. The highest BCUT2D eigenvalue weighted by molar-refractivity contribution is 4.79. The summed E-state index contributed by atoms with van der Waals surface area (Å²) in [5.74, 6) is 0. The van der Waals surface area contributed by atoms with Crippen molar-refractivity contribution in [3.63, 3.8) is 0 Å². The van der Waals surface area contributed by atoms with Gasteiger partial charge < -0.3 is 0 Å².